The Kier molecular flexibility index (Phi) is 7.77. The molecule has 8 heteroatoms. The summed E-state index contributed by atoms with van der Waals surface area (Å²) >= 11 is 7.82. The van der Waals surface area contributed by atoms with Crippen LogP contribution < -0.4 is 4.74 Å². The molecule has 0 aliphatic carbocycles. The average molecular weight is 515 g/mol. The number of carbonyl (C=O) groups is 2. The van der Waals surface area contributed by atoms with Gasteiger partial charge in [-0.05, 0) is 86.2 Å². The normalized spacial score (nSPS) is 15.1. The number of hydrogen-bond acceptors (Lipinski definition) is 4. The van der Waals surface area contributed by atoms with Crippen LogP contribution in [0.5, 0.6) is 5.75 Å². The molecule has 0 N–H and O–H groups in total. The van der Waals surface area contributed by atoms with Crippen molar-refractivity contribution in [1.29, 1.82) is 0 Å². The van der Waals surface area contributed by atoms with Gasteiger partial charge in [0.05, 0.1) is 6.04 Å². The lowest BCUT2D eigenvalue weighted by Gasteiger charge is -2.37. The average Bonchev–Trinajstić information content (AvgIpc) is 3.31. The Balaban J connectivity index is 1.54. The van der Waals surface area contributed by atoms with Crippen LogP contribution in [0, 0.1) is 12.7 Å². The fourth-order valence-electron chi connectivity index (χ4n) is 4.27. The van der Waals surface area contributed by atoms with E-state index in [2.05, 4.69) is 0 Å². The van der Waals surface area contributed by atoms with E-state index in [1.807, 2.05) is 44.4 Å². The number of thiophene rings is 1. The van der Waals surface area contributed by atoms with E-state index in [9.17, 15) is 14.0 Å². The summed E-state index contributed by atoms with van der Waals surface area (Å²) in [7, 11) is 0. The van der Waals surface area contributed by atoms with Gasteiger partial charge in [-0.15, -0.1) is 11.3 Å². The predicted molar refractivity (Wildman–Crippen MR) is 137 cm³/mol. The summed E-state index contributed by atoms with van der Waals surface area (Å²) in [6.07, 6.45) is 0.759. The molecule has 0 unspecified atom stereocenters. The molecule has 0 radical (unpaired) electrons. The van der Waals surface area contributed by atoms with Crippen molar-refractivity contribution in [2.24, 2.45) is 0 Å². The minimum absolute atomic E-state index is 0.0942. The molecule has 2 aromatic carbocycles. The number of benzene rings is 2. The lowest BCUT2D eigenvalue weighted by molar-refractivity contribution is -0.136. The zero-order valence-corrected chi connectivity index (χ0v) is 21.5. The van der Waals surface area contributed by atoms with Crippen molar-refractivity contribution in [3.63, 3.8) is 0 Å². The number of fused-ring (bicyclic) bond motifs is 1. The zero-order chi connectivity index (χ0) is 25.1. The fraction of sp³-hybridized carbons (Fsp3) is 0.333. The summed E-state index contributed by atoms with van der Waals surface area (Å²) < 4.78 is 19.8. The summed E-state index contributed by atoms with van der Waals surface area (Å²) in [5.41, 5.74) is 2.22. The molecule has 35 heavy (non-hydrogen) atoms. The van der Waals surface area contributed by atoms with Gasteiger partial charge in [0.25, 0.3) is 5.91 Å². The summed E-state index contributed by atoms with van der Waals surface area (Å²) in [5.74, 6) is -0.333. The highest BCUT2D eigenvalue weighted by atomic mass is 35.5. The molecule has 1 aliphatic rings. The maximum atomic E-state index is 13.7. The van der Waals surface area contributed by atoms with Gasteiger partial charge in [0, 0.05) is 28.0 Å². The van der Waals surface area contributed by atoms with Gasteiger partial charge < -0.3 is 14.5 Å². The fourth-order valence-corrected chi connectivity index (χ4v) is 5.32. The van der Waals surface area contributed by atoms with E-state index in [-0.39, 0.29) is 42.6 Å². The van der Waals surface area contributed by atoms with Crippen molar-refractivity contribution < 1.29 is 18.7 Å². The molecule has 3 aromatic rings. The van der Waals surface area contributed by atoms with Gasteiger partial charge in [-0.2, -0.15) is 0 Å². The molecule has 0 spiro atoms. The number of carbonyl (C=O) groups excluding carboxylic acids is 2. The van der Waals surface area contributed by atoms with Crippen molar-refractivity contribution in [2.75, 3.05) is 19.7 Å². The number of nitrogens with zero attached hydrogens (tertiary/aromatic N) is 2. The number of amides is 2. The second-order valence-corrected chi connectivity index (χ2v) is 10.3. The summed E-state index contributed by atoms with van der Waals surface area (Å²) in [5, 5.41) is 2.70. The third kappa shape index (κ3) is 5.68. The van der Waals surface area contributed by atoms with Crippen LogP contribution in [-0.2, 0) is 11.2 Å². The summed E-state index contributed by atoms with van der Waals surface area (Å²) in [4.78, 5) is 31.2. The molecule has 1 aliphatic heterocycles. The third-order valence-electron chi connectivity index (χ3n) is 6.21. The first kappa shape index (κ1) is 25.2. The molecule has 2 amide bonds. The molecule has 1 aromatic heterocycles. The van der Waals surface area contributed by atoms with E-state index in [4.69, 9.17) is 16.3 Å². The maximum Gasteiger partial charge on any atom is 0.254 e. The van der Waals surface area contributed by atoms with Crippen LogP contribution in [0.2, 0.25) is 5.02 Å². The number of rotatable bonds is 7. The molecule has 184 valence electrons. The minimum Gasteiger partial charge on any atom is -0.491 e. The second-order valence-electron chi connectivity index (χ2n) is 8.91. The van der Waals surface area contributed by atoms with Crippen LogP contribution in [0.15, 0.2) is 53.9 Å². The van der Waals surface area contributed by atoms with Gasteiger partial charge in [0.1, 0.15) is 24.7 Å². The van der Waals surface area contributed by atoms with Crippen LogP contribution in [-0.4, -0.2) is 47.4 Å². The quantitative estimate of drug-likeness (QED) is 0.394. The predicted octanol–water partition coefficient (Wildman–Crippen LogP) is 5.90. The molecular weight excluding hydrogens is 487 g/mol. The van der Waals surface area contributed by atoms with E-state index >= 15 is 0 Å². The molecule has 4 rings (SSSR count). The molecule has 0 saturated heterocycles. The Morgan fingerprint density at radius 2 is 2.03 bits per heavy atom. The van der Waals surface area contributed by atoms with E-state index in [0.717, 1.165) is 17.5 Å². The Labute approximate surface area is 214 Å². The number of ether oxygens (including phenoxy) is 1. The highest BCUT2D eigenvalue weighted by Gasteiger charge is 2.34. The second kappa shape index (κ2) is 10.8. The molecule has 0 bridgehead atoms. The lowest BCUT2D eigenvalue weighted by Crippen LogP contribution is -2.49. The largest absolute Gasteiger partial charge is 0.491 e. The number of hydrogen-bond donors (Lipinski definition) is 0. The standard InChI is InChI=1S/C27H28ClFN2O3S/c1-17(2)31(27(33)19-5-4-6-20(29)14-19)15-26(32)30-11-9-25-22(10-12-35-25)24(30)16-34-21-7-8-23(28)18(3)13-21/h4-8,10,12-14,17,24H,9,11,15-16H2,1-3H3/t24-/m1/s1. The topological polar surface area (TPSA) is 49.9 Å². The van der Waals surface area contributed by atoms with E-state index in [1.165, 1.54) is 28.0 Å². The minimum atomic E-state index is -0.485. The zero-order valence-electron chi connectivity index (χ0n) is 20.0. The van der Waals surface area contributed by atoms with Gasteiger partial charge in [-0.25, -0.2) is 4.39 Å². The van der Waals surface area contributed by atoms with Gasteiger partial charge in [0.15, 0.2) is 0 Å². The van der Waals surface area contributed by atoms with Crippen LogP contribution in [0.1, 0.15) is 46.3 Å². The first-order chi connectivity index (χ1) is 16.7. The Morgan fingerprint density at radius 1 is 1.23 bits per heavy atom. The Morgan fingerprint density at radius 3 is 2.74 bits per heavy atom. The first-order valence-electron chi connectivity index (χ1n) is 11.6. The molecule has 0 saturated carbocycles. The van der Waals surface area contributed by atoms with Crippen LogP contribution in [0.4, 0.5) is 4.39 Å². The summed E-state index contributed by atoms with van der Waals surface area (Å²) in [6.45, 7) is 6.35. The SMILES string of the molecule is Cc1cc(OC[C@@H]2c3ccsc3CCN2C(=O)CN(C(=O)c2cccc(F)c2)C(C)C)ccc1Cl. The monoisotopic (exact) mass is 514 g/mol. The Hall–Kier alpha value is -2.90. The van der Waals surface area contributed by atoms with Crippen molar-refractivity contribution in [1.82, 2.24) is 9.80 Å². The molecule has 0 fully saturated rings. The van der Waals surface area contributed by atoms with Gasteiger partial charge in [-0.3, -0.25) is 9.59 Å². The smallest absolute Gasteiger partial charge is 0.254 e. The summed E-state index contributed by atoms with van der Waals surface area (Å²) in [6, 6.07) is 12.6. The molecule has 1 atom stereocenters. The molecule has 5 nitrogen and oxygen atoms in total. The van der Waals surface area contributed by atoms with E-state index < -0.39 is 5.82 Å². The van der Waals surface area contributed by atoms with E-state index in [1.54, 1.807) is 28.4 Å². The Bertz CT molecular complexity index is 1230. The molecule has 2 heterocycles. The van der Waals surface area contributed by atoms with Crippen molar-refractivity contribution in [3.8, 4) is 5.75 Å². The molecular formula is C27H28ClFN2O3S. The van der Waals surface area contributed by atoms with Gasteiger partial charge in [-0.1, -0.05) is 17.7 Å². The highest BCUT2D eigenvalue weighted by Crippen LogP contribution is 2.34. The van der Waals surface area contributed by atoms with Crippen molar-refractivity contribution in [2.45, 2.75) is 39.3 Å². The number of aryl methyl sites for hydroxylation is 1. The van der Waals surface area contributed by atoms with Crippen molar-refractivity contribution >= 4 is 34.8 Å². The van der Waals surface area contributed by atoms with Gasteiger partial charge >= 0.3 is 0 Å². The third-order valence-corrected chi connectivity index (χ3v) is 7.63. The van der Waals surface area contributed by atoms with E-state index in [0.29, 0.717) is 17.3 Å². The maximum absolute atomic E-state index is 13.7. The van der Waals surface area contributed by atoms with Crippen LogP contribution >= 0.6 is 22.9 Å². The number of halogens is 2. The van der Waals surface area contributed by atoms with Crippen LogP contribution in [0.25, 0.3) is 0 Å². The van der Waals surface area contributed by atoms with Gasteiger partial charge in [0.2, 0.25) is 5.91 Å². The van der Waals surface area contributed by atoms with Crippen LogP contribution in [0.3, 0.4) is 0 Å². The highest BCUT2D eigenvalue weighted by molar-refractivity contribution is 7.10. The lowest BCUT2D eigenvalue weighted by atomic mass is 10.00. The van der Waals surface area contributed by atoms with Crippen molar-refractivity contribution in [3.05, 3.63) is 86.3 Å². The first-order valence-corrected chi connectivity index (χ1v) is 12.8.